The number of ether oxygens (including phenoxy) is 2. The molecule has 13 heteroatoms. The lowest BCUT2D eigenvalue weighted by Gasteiger charge is -2.44. The van der Waals surface area contributed by atoms with Gasteiger partial charge in [-0.15, -0.1) is 0 Å². The van der Waals surface area contributed by atoms with Crippen LogP contribution in [0.2, 0.25) is 5.02 Å². The number of aromatic carboxylic acids is 1. The van der Waals surface area contributed by atoms with Crippen LogP contribution in [-0.2, 0) is 4.74 Å². The first kappa shape index (κ1) is 30.8. The molecule has 2 aliphatic rings. The maximum absolute atomic E-state index is 15.7. The number of hydrogen-bond donors (Lipinski definition) is 1. The minimum atomic E-state index is -1.39. The van der Waals surface area contributed by atoms with E-state index in [0.29, 0.717) is 47.0 Å². The van der Waals surface area contributed by atoms with Crippen molar-refractivity contribution in [1.82, 2.24) is 19.4 Å². The lowest BCUT2D eigenvalue weighted by atomic mass is 10.1. The van der Waals surface area contributed by atoms with Crippen molar-refractivity contribution in [3.8, 4) is 11.6 Å². The number of anilines is 2. The van der Waals surface area contributed by atoms with Crippen LogP contribution in [0.5, 0.6) is 5.88 Å². The maximum atomic E-state index is 15.7. The van der Waals surface area contributed by atoms with Crippen molar-refractivity contribution in [3.63, 3.8) is 0 Å². The van der Waals surface area contributed by atoms with Crippen LogP contribution in [0.15, 0.2) is 59.8 Å². The van der Waals surface area contributed by atoms with E-state index in [1.54, 1.807) is 42.3 Å². The van der Waals surface area contributed by atoms with Gasteiger partial charge in [0.05, 0.1) is 35.7 Å². The van der Waals surface area contributed by atoms with E-state index < -0.39 is 22.8 Å². The number of benzene rings is 1. The summed E-state index contributed by atoms with van der Waals surface area (Å²) in [5.74, 6) is -0.909. The van der Waals surface area contributed by atoms with Gasteiger partial charge < -0.3 is 28.9 Å². The van der Waals surface area contributed by atoms with E-state index in [9.17, 15) is 14.7 Å². The fourth-order valence-corrected chi connectivity index (χ4v) is 6.12. The Labute approximate surface area is 264 Å². The molecule has 0 amide bonds. The molecule has 3 aromatic heterocycles. The van der Waals surface area contributed by atoms with Crippen LogP contribution in [0.3, 0.4) is 0 Å². The third-order valence-corrected chi connectivity index (χ3v) is 8.88. The van der Waals surface area contributed by atoms with Gasteiger partial charge in [0.15, 0.2) is 0 Å². The van der Waals surface area contributed by atoms with Crippen LogP contribution in [0, 0.1) is 5.82 Å². The molecular formula is C32H34ClFN6O5. The number of nitrogens with zero attached hydrogens (tertiary/aromatic N) is 6. The first-order chi connectivity index (χ1) is 21.7. The van der Waals surface area contributed by atoms with Crippen LogP contribution in [0.4, 0.5) is 15.9 Å². The smallest absolute Gasteiger partial charge is 0.341 e. The van der Waals surface area contributed by atoms with E-state index in [-0.39, 0.29) is 18.0 Å². The maximum Gasteiger partial charge on any atom is 0.341 e. The van der Waals surface area contributed by atoms with Crippen molar-refractivity contribution >= 4 is 40.0 Å². The highest BCUT2D eigenvalue weighted by Crippen LogP contribution is 2.33. The molecule has 6 rings (SSSR count). The monoisotopic (exact) mass is 636 g/mol. The SMILES string of the molecule is COCCN(C)C1CN(c2ccc(-n3cc(C(=O)O)c(=O)c4cc(F)c(N5CCC[C@@H]5COc5ncccc5Cl)cc43)cn2)C1. The van der Waals surface area contributed by atoms with Gasteiger partial charge in [0.2, 0.25) is 11.3 Å². The Bertz CT molecular complexity index is 1760. The number of carboxylic acid groups (broad SMARTS) is 1. The molecule has 0 unspecified atom stereocenters. The van der Waals surface area contributed by atoms with E-state index >= 15 is 4.39 Å². The highest BCUT2D eigenvalue weighted by Gasteiger charge is 2.31. The van der Waals surface area contributed by atoms with E-state index in [4.69, 9.17) is 21.1 Å². The number of likely N-dealkylation sites (N-methyl/N-ethyl adjacent to an activating group) is 1. The van der Waals surface area contributed by atoms with Gasteiger partial charge in [0.25, 0.3) is 0 Å². The van der Waals surface area contributed by atoms with Crippen molar-refractivity contribution < 1.29 is 23.8 Å². The standard InChI is InChI=1S/C32H34ClFN6O5/c1-37(11-12-44-2)22-16-38(17-22)29-8-7-20(15-36-29)40-18-24(32(42)43)30(41)23-13-26(34)28(14-27(23)40)39-10-4-5-21(39)19-45-31-25(33)6-3-9-35-31/h3,6-9,13-15,18,21-22H,4-5,10-12,16-17,19H2,1-2H3,(H,42,43)/t21-/m1/s1. The number of halogens is 2. The molecule has 0 bridgehead atoms. The van der Waals surface area contributed by atoms with Gasteiger partial charge in [0.1, 0.15) is 28.8 Å². The average molecular weight is 637 g/mol. The molecule has 0 saturated carbocycles. The molecule has 0 radical (unpaired) electrons. The third kappa shape index (κ3) is 6.18. The molecule has 236 valence electrons. The van der Waals surface area contributed by atoms with Crippen molar-refractivity contribution in [2.45, 2.75) is 24.9 Å². The zero-order valence-corrected chi connectivity index (χ0v) is 25.8. The lowest BCUT2D eigenvalue weighted by Crippen LogP contribution is -2.59. The largest absolute Gasteiger partial charge is 0.477 e. The van der Waals surface area contributed by atoms with E-state index in [1.807, 2.05) is 17.0 Å². The zero-order chi connectivity index (χ0) is 31.7. The van der Waals surface area contributed by atoms with Crippen LogP contribution in [-0.4, -0.2) is 96.1 Å². The fourth-order valence-electron chi connectivity index (χ4n) is 5.95. The number of methoxy groups -OCH3 is 1. The van der Waals surface area contributed by atoms with Gasteiger partial charge in [-0.25, -0.2) is 19.2 Å². The van der Waals surface area contributed by atoms with Crippen molar-refractivity contribution in [2.24, 2.45) is 0 Å². The van der Waals surface area contributed by atoms with Crippen LogP contribution in [0.1, 0.15) is 23.2 Å². The molecule has 2 saturated heterocycles. The second-order valence-electron chi connectivity index (χ2n) is 11.4. The molecule has 1 atom stereocenters. The number of carboxylic acids is 1. The highest BCUT2D eigenvalue weighted by molar-refractivity contribution is 6.31. The van der Waals surface area contributed by atoms with Crippen molar-refractivity contribution in [2.75, 3.05) is 63.4 Å². The molecule has 1 N–H and O–H groups in total. The second kappa shape index (κ2) is 13.0. The average Bonchev–Trinajstić information content (AvgIpc) is 3.47. The first-order valence-corrected chi connectivity index (χ1v) is 15.2. The quantitative estimate of drug-likeness (QED) is 0.258. The summed E-state index contributed by atoms with van der Waals surface area (Å²) in [6.07, 6.45) is 6.09. The molecule has 2 fully saturated rings. The van der Waals surface area contributed by atoms with Gasteiger partial charge in [-0.3, -0.25) is 9.69 Å². The van der Waals surface area contributed by atoms with Crippen molar-refractivity contribution in [3.05, 3.63) is 81.6 Å². The number of aromatic nitrogens is 3. The van der Waals surface area contributed by atoms with Crippen LogP contribution < -0.4 is 20.0 Å². The summed E-state index contributed by atoms with van der Waals surface area (Å²) in [6.45, 7) is 3.99. The Morgan fingerprint density at radius 1 is 1.22 bits per heavy atom. The fraction of sp³-hybridized carbons (Fsp3) is 0.375. The molecule has 1 aromatic carbocycles. The predicted octanol–water partition coefficient (Wildman–Crippen LogP) is 4.09. The summed E-state index contributed by atoms with van der Waals surface area (Å²) in [5.41, 5.74) is 0.0104. The van der Waals surface area contributed by atoms with Gasteiger partial charge in [0, 0.05) is 57.1 Å². The Balaban J connectivity index is 1.31. The lowest BCUT2D eigenvalue weighted by molar-refractivity contribution is 0.0695. The van der Waals surface area contributed by atoms with Gasteiger partial charge in [-0.2, -0.15) is 0 Å². The number of hydrogen-bond acceptors (Lipinski definition) is 9. The number of pyridine rings is 3. The number of rotatable bonds is 11. The van der Waals surface area contributed by atoms with E-state index in [0.717, 1.165) is 44.4 Å². The molecular weight excluding hydrogens is 603 g/mol. The summed E-state index contributed by atoms with van der Waals surface area (Å²) in [5, 5.41) is 10.2. The minimum Gasteiger partial charge on any atom is -0.477 e. The van der Waals surface area contributed by atoms with Crippen LogP contribution >= 0.6 is 11.6 Å². The Kier molecular flexibility index (Phi) is 8.88. The summed E-state index contributed by atoms with van der Waals surface area (Å²) >= 11 is 6.20. The van der Waals surface area contributed by atoms with Gasteiger partial charge in [-0.05, 0) is 56.3 Å². The number of fused-ring (bicyclic) bond motifs is 1. The van der Waals surface area contributed by atoms with Gasteiger partial charge in [-0.1, -0.05) is 11.6 Å². The van der Waals surface area contributed by atoms with Crippen LogP contribution in [0.25, 0.3) is 16.6 Å². The Hall–Kier alpha value is -4.26. The Morgan fingerprint density at radius 2 is 2.04 bits per heavy atom. The second-order valence-corrected chi connectivity index (χ2v) is 11.8. The third-order valence-electron chi connectivity index (χ3n) is 8.59. The van der Waals surface area contributed by atoms with Crippen molar-refractivity contribution in [1.29, 1.82) is 0 Å². The van der Waals surface area contributed by atoms with E-state index in [2.05, 4.69) is 26.8 Å². The number of carbonyl (C=O) groups is 1. The topological polar surface area (TPSA) is 113 Å². The highest BCUT2D eigenvalue weighted by atomic mass is 35.5. The van der Waals surface area contributed by atoms with E-state index in [1.165, 1.54) is 6.20 Å². The summed E-state index contributed by atoms with van der Waals surface area (Å²) in [6, 6.07) is 10.1. The molecule has 0 spiro atoms. The normalized spacial score (nSPS) is 16.9. The zero-order valence-electron chi connectivity index (χ0n) is 25.0. The summed E-state index contributed by atoms with van der Waals surface area (Å²) in [4.78, 5) is 40.4. The molecule has 45 heavy (non-hydrogen) atoms. The molecule has 5 heterocycles. The molecule has 11 nitrogen and oxygen atoms in total. The molecule has 4 aromatic rings. The first-order valence-electron chi connectivity index (χ1n) is 14.8. The molecule has 0 aliphatic carbocycles. The molecule has 2 aliphatic heterocycles. The van der Waals surface area contributed by atoms with Gasteiger partial charge >= 0.3 is 5.97 Å². The predicted molar refractivity (Wildman–Crippen MR) is 170 cm³/mol. The minimum absolute atomic E-state index is 0.0304. The summed E-state index contributed by atoms with van der Waals surface area (Å²) in [7, 11) is 3.76. The Morgan fingerprint density at radius 3 is 2.76 bits per heavy atom. The summed E-state index contributed by atoms with van der Waals surface area (Å²) < 4.78 is 28.4.